The fourth-order valence-electron chi connectivity index (χ4n) is 3.05. The van der Waals surface area contributed by atoms with E-state index in [9.17, 15) is 25.2 Å². The molecule has 1 aromatic carbocycles. The minimum absolute atomic E-state index is 0.0150. The zero-order valence-electron chi connectivity index (χ0n) is 13.8. The quantitative estimate of drug-likeness (QED) is 0.318. The Hall–Kier alpha value is -2.09. The SMILES string of the molecule is C[C@H]1CC=C[C@@H](O)[C@@H](O)CC[C@H]2O[C@@H]2c2cc(O)cc(O)c2C(=O)O1. The van der Waals surface area contributed by atoms with Crippen molar-refractivity contribution in [1.29, 1.82) is 0 Å². The molecular formula is C18H22O7. The Labute approximate surface area is 145 Å². The zero-order chi connectivity index (χ0) is 18.1. The second-order valence-electron chi connectivity index (χ2n) is 6.54. The van der Waals surface area contributed by atoms with E-state index in [-0.39, 0.29) is 23.2 Å². The maximum absolute atomic E-state index is 12.5. The molecule has 0 saturated carbocycles. The fourth-order valence-corrected chi connectivity index (χ4v) is 3.05. The third kappa shape index (κ3) is 3.95. The van der Waals surface area contributed by atoms with Crippen molar-refractivity contribution < 1.29 is 34.7 Å². The van der Waals surface area contributed by atoms with E-state index >= 15 is 0 Å². The van der Waals surface area contributed by atoms with Gasteiger partial charge in [0.15, 0.2) is 0 Å². The molecule has 7 heteroatoms. The van der Waals surface area contributed by atoms with E-state index in [4.69, 9.17) is 9.47 Å². The number of aromatic hydroxyl groups is 2. The Kier molecular flexibility index (Phi) is 4.99. The van der Waals surface area contributed by atoms with Crippen LogP contribution in [0.3, 0.4) is 0 Å². The number of rotatable bonds is 0. The number of epoxide rings is 1. The molecule has 0 spiro atoms. The molecule has 0 bridgehead atoms. The van der Waals surface area contributed by atoms with Crippen LogP contribution in [0.4, 0.5) is 0 Å². The summed E-state index contributed by atoms with van der Waals surface area (Å²) >= 11 is 0. The van der Waals surface area contributed by atoms with Gasteiger partial charge in [0.2, 0.25) is 0 Å². The van der Waals surface area contributed by atoms with Gasteiger partial charge in [0, 0.05) is 18.1 Å². The van der Waals surface area contributed by atoms with Gasteiger partial charge in [-0.1, -0.05) is 12.2 Å². The van der Waals surface area contributed by atoms with E-state index in [1.807, 2.05) is 0 Å². The molecule has 0 radical (unpaired) electrons. The average Bonchev–Trinajstić information content (AvgIpc) is 3.30. The van der Waals surface area contributed by atoms with E-state index in [1.54, 1.807) is 13.0 Å². The molecule has 1 fully saturated rings. The van der Waals surface area contributed by atoms with Crippen LogP contribution in [-0.2, 0) is 9.47 Å². The first-order chi connectivity index (χ1) is 11.9. The summed E-state index contributed by atoms with van der Waals surface area (Å²) in [6, 6.07) is 2.47. The Balaban J connectivity index is 1.92. The van der Waals surface area contributed by atoms with Gasteiger partial charge in [0.1, 0.15) is 29.3 Å². The van der Waals surface area contributed by atoms with Crippen molar-refractivity contribution in [1.82, 2.24) is 0 Å². The second kappa shape index (κ2) is 7.03. The van der Waals surface area contributed by atoms with Crippen LogP contribution >= 0.6 is 0 Å². The lowest BCUT2D eigenvalue weighted by Crippen LogP contribution is -2.24. The van der Waals surface area contributed by atoms with Gasteiger partial charge in [-0.3, -0.25) is 0 Å². The van der Waals surface area contributed by atoms with Gasteiger partial charge in [-0.2, -0.15) is 0 Å². The maximum atomic E-state index is 12.5. The average molecular weight is 350 g/mol. The van der Waals surface area contributed by atoms with Crippen LogP contribution in [0, 0.1) is 0 Å². The number of ether oxygens (including phenoxy) is 2. The first-order valence-corrected chi connectivity index (χ1v) is 8.32. The number of fused-ring (bicyclic) bond motifs is 3. The van der Waals surface area contributed by atoms with Gasteiger partial charge in [-0.25, -0.2) is 4.79 Å². The van der Waals surface area contributed by atoms with E-state index in [0.717, 1.165) is 6.07 Å². The number of aliphatic hydroxyl groups excluding tert-OH is 2. The molecule has 0 unspecified atom stereocenters. The third-order valence-corrected chi connectivity index (χ3v) is 4.48. The van der Waals surface area contributed by atoms with E-state index in [1.165, 1.54) is 12.1 Å². The van der Waals surface area contributed by atoms with Gasteiger partial charge in [-0.15, -0.1) is 0 Å². The first-order valence-electron chi connectivity index (χ1n) is 8.32. The Morgan fingerprint density at radius 2 is 1.92 bits per heavy atom. The van der Waals surface area contributed by atoms with Gasteiger partial charge in [0.25, 0.3) is 0 Å². The summed E-state index contributed by atoms with van der Waals surface area (Å²) in [5.74, 6) is -1.23. The van der Waals surface area contributed by atoms with Crippen molar-refractivity contribution in [3.05, 3.63) is 35.4 Å². The van der Waals surface area contributed by atoms with E-state index in [0.29, 0.717) is 24.8 Å². The van der Waals surface area contributed by atoms with Crippen molar-refractivity contribution in [2.45, 2.75) is 56.7 Å². The predicted molar refractivity (Wildman–Crippen MR) is 87.3 cm³/mol. The minimum Gasteiger partial charge on any atom is -0.508 e. The summed E-state index contributed by atoms with van der Waals surface area (Å²) in [7, 11) is 0. The molecule has 136 valence electrons. The van der Waals surface area contributed by atoms with Gasteiger partial charge >= 0.3 is 5.97 Å². The topological polar surface area (TPSA) is 120 Å². The van der Waals surface area contributed by atoms with Crippen LogP contribution in [0.15, 0.2) is 24.3 Å². The van der Waals surface area contributed by atoms with Crippen LogP contribution in [0.5, 0.6) is 11.5 Å². The van der Waals surface area contributed by atoms with Gasteiger partial charge in [-0.05, 0) is 25.8 Å². The Morgan fingerprint density at radius 1 is 1.16 bits per heavy atom. The zero-order valence-corrected chi connectivity index (χ0v) is 13.8. The Morgan fingerprint density at radius 3 is 2.68 bits per heavy atom. The molecule has 2 heterocycles. The molecule has 2 aliphatic heterocycles. The van der Waals surface area contributed by atoms with Gasteiger partial charge in [0.05, 0.1) is 18.3 Å². The number of aliphatic hydroxyl groups is 2. The largest absolute Gasteiger partial charge is 0.508 e. The molecule has 1 aromatic rings. The highest BCUT2D eigenvalue weighted by Crippen LogP contribution is 2.46. The molecule has 7 nitrogen and oxygen atoms in total. The number of benzene rings is 1. The van der Waals surface area contributed by atoms with Gasteiger partial charge < -0.3 is 29.9 Å². The molecule has 4 N–H and O–H groups in total. The summed E-state index contributed by atoms with van der Waals surface area (Å²) < 4.78 is 10.9. The van der Waals surface area contributed by atoms with Crippen LogP contribution in [0.1, 0.15) is 48.2 Å². The van der Waals surface area contributed by atoms with Crippen LogP contribution in [0.2, 0.25) is 0 Å². The predicted octanol–water partition coefficient (Wildman–Crippen LogP) is 1.54. The summed E-state index contributed by atoms with van der Waals surface area (Å²) in [6.07, 6.45) is 1.13. The molecule has 0 aromatic heterocycles. The number of hydrogen-bond donors (Lipinski definition) is 4. The lowest BCUT2D eigenvalue weighted by Gasteiger charge is -2.17. The molecule has 0 aliphatic carbocycles. The van der Waals surface area contributed by atoms with E-state index < -0.39 is 30.4 Å². The summed E-state index contributed by atoms with van der Waals surface area (Å²) in [4.78, 5) is 12.5. The monoisotopic (exact) mass is 350 g/mol. The highest BCUT2D eigenvalue weighted by atomic mass is 16.6. The van der Waals surface area contributed by atoms with Crippen molar-refractivity contribution in [2.75, 3.05) is 0 Å². The van der Waals surface area contributed by atoms with Crippen LogP contribution in [0.25, 0.3) is 0 Å². The smallest absolute Gasteiger partial charge is 0.342 e. The number of phenols is 2. The van der Waals surface area contributed by atoms with Crippen molar-refractivity contribution in [3.8, 4) is 11.5 Å². The highest BCUT2D eigenvalue weighted by molar-refractivity contribution is 5.95. The summed E-state index contributed by atoms with van der Waals surface area (Å²) in [5.41, 5.74) is 0.348. The molecule has 2 aliphatic rings. The standard InChI is InChI=1S/C18H22O7/c1-9-3-2-4-12(20)13(21)5-6-15-17(25-15)11-7-10(19)8-14(22)16(11)18(23)24-9/h2,4,7-9,12-13,15,17,19-22H,3,5-6H2,1H3/t9-,12+,13-,15+,17+/m0/s1. The molecule has 1 saturated heterocycles. The first kappa shape index (κ1) is 17.7. The highest BCUT2D eigenvalue weighted by Gasteiger charge is 2.43. The van der Waals surface area contributed by atoms with Crippen molar-refractivity contribution in [3.63, 3.8) is 0 Å². The lowest BCUT2D eigenvalue weighted by molar-refractivity contribution is 0.0332. The lowest BCUT2D eigenvalue weighted by atomic mass is 9.98. The van der Waals surface area contributed by atoms with Crippen molar-refractivity contribution in [2.24, 2.45) is 0 Å². The molecule has 25 heavy (non-hydrogen) atoms. The number of carbonyl (C=O) groups excluding carboxylic acids is 1. The second-order valence-corrected chi connectivity index (χ2v) is 6.54. The normalized spacial score (nSPS) is 32.9. The van der Waals surface area contributed by atoms with E-state index in [2.05, 4.69) is 0 Å². The number of cyclic esters (lactones) is 1. The molecular weight excluding hydrogens is 328 g/mol. The summed E-state index contributed by atoms with van der Waals surface area (Å²) in [5, 5.41) is 39.7. The Bertz CT molecular complexity index is 684. The maximum Gasteiger partial charge on any atom is 0.342 e. The number of phenolic OH excluding ortho intramolecular Hbond substituents is 2. The van der Waals surface area contributed by atoms with Crippen molar-refractivity contribution >= 4 is 5.97 Å². The molecule has 3 rings (SSSR count). The number of carbonyl (C=O) groups is 1. The fraction of sp³-hybridized carbons (Fsp3) is 0.500. The van der Waals surface area contributed by atoms with Crippen LogP contribution in [-0.4, -0.2) is 50.8 Å². The summed E-state index contributed by atoms with van der Waals surface area (Å²) in [6.45, 7) is 1.68. The van der Waals surface area contributed by atoms with Crippen LogP contribution < -0.4 is 0 Å². The minimum atomic E-state index is -0.997. The molecule has 5 atom stereocenters. The number of hydrogen-bond acceptors (Lipinski definition) is 7. The number of esters is 1. The third-order valence-electron chi connectivity index (χ3n) is 4.48. The molecule has 0 amide bonds.